The molecule has 2 unspecified atom stereocenters. The van der Waals surface area contributed by atoms with Gasteiger partial charge in [0.1, 0.15) is 5.01 Å². The zero-order valence-corrected chi connectivity index (χ0v) is 10.8. The van der Waals surface area contributed by atoms with Crippen LogP contribution < -0.4 is 5.32 Å². The van der Waals surface area contributed by atoms with Gasteiger partial charge in [-0.05, 0) is 32.6 Å². The first-order chi connectivity index (χ1) is 7.77. The minimum Gasteiger partial charge on any atom is -0.381 e. The summed E-state index contributed by atoms with van der Waals surface area (Å²) < 4.78 is 5.39. The number of nitrogens with one attached hydrogen (secondary N) is 1. The molecular formula is C12H20N2OS. The van der Waals surface area contributed by atoms with Crippen LogP contribution in [0.2, 0.25) is 0 Å². The van der Waals surface area contributed by atoms with E-state index in [2.05, 4.69) is 24.1 Å². The van der Waals surface area contributed by atoms with E-state index in [1.54, 1.807) is 11.3 Å². The van der Waals surface area contributed by atoms with Crippen LogP contribution in [0.3, 0.4) is 0 Å². The second-order valence-corrected chi connectivity index (χ2v) is 5.42. The maximum atomic E-state index is 5.39. The molecule has 1 fully saturated rings. The molecule has 2 atom stereocenters. The van der Waals surface area contributed by atoms with Gasteiger partial charge < -0.3 is 10.1 Å². The fraction of sp³-hybridized carbons (Fsp3) is 0.750. The number of aromatic nitrogens is 1. The van der Waals surface area contributed by atoms with Gasteiger partial charge in [0.25, 0.3) is 0 Å². The van der Waals surface area contributed by atoms with E-state index in [1.807, 2.05) is 11.6 Å². The Bertz CT molecular complexity index is 296. The third kappa shape index (κ3) is 3.03. The van der Waals surface area contributed by atoms with Crippen molar-refractivity contribution in [3.63, 3.8) is 0 Å². The summed E-state index contributed by atoms with van der Waals surface area (Å²) in [6.07, 6.45) is 4.23. The summed E-state index contributed by atoms with van der Waals surface area (Å²) in [7, 11) is 0. The third-order valence-corrected chi connectivity index (χ3v) is 4.27. The highest BCUT2D eigenvalue weighted by molar-refractivity contribution is 7.09. The molecule has 1 N–H and O–H groups in total. The Morgan fingerprint density at radius 2 is 2.19 bits per heavy atom. The summed E-state index contributed by atoms with van der Waals surface area (Å²) in [6.45, 7) is 6.30. The Balaban J connectivity index is 1.84. The Kier molecular flexibility index (Phi) is 4.32. The number of ether oxygens (including phenoxy) is 1. The summed E-state index contributed by atoms with van der Waals surface area (Å²) in [5.41, 5.74) is 0. The van der Waals surface area contributed by atoms with E-state index in [9.17, 15) is 0 Å². The quantitative estimate of drug-likeness (QED) is 0.878. The van der Waals surface area contributed by atoms with Gasteiger partial charge in [0.15, 0.2) is 0 Å². The lowest BCUT2D eigenvalue weighted by molar-refractivity contribution is 0.0547. The van der Waals surface area contributed by atoms with Crippen LogP contribution in [0, 0.1) is 5.92 Å². The average Bonchev–Trinajstić information content (AvgIpc) is 2.83. The number of hydrogen-bond donors (Lipinski definition) is 1. The molecule has 90 valence electrons. The molecule has 2 rings (SSSR count). The summed E-state index contributed by atoms with van der Waals surface area (Å²) in [5, 5.41) is 6.86. The van der Waals surface area contributed by atoms with E-state index in [-0.39, 0.29) is 0 Å². The Morgan fingerprint density at radius 3 is 2.81 bits per heavy atom. The standard InChI is InChI=1S/C12H20N2OS/c1-9(11-3-6-15-7-4-11)14-10(2)12-13-5-8-16-12/h5,8-11,14H,3-4,6-7H2,1-2H3. The average molecular weight is 240 g/mol. The van der Waals surface area contributed by atoms with Crippen LogP contribution in [0.1, 0.15) is 37.7 Å². The van der Waals surface area contributed by atoms with Crippen molar-refractivity contribution in [3.05, 3.63) is 16.6 Å². The van der Waals surface area contributed by atoms with Gasteiger partial charge in [-0.15, -0.1) is 11.3 Å². The van der Waals surface area contributed by atoms with Gasteiger partial charge in [-0.1, -0.05) is 0 Å². The highest BCUT2D eigenvalue weighted by atomic mass is 32.1. The number of nitrogens with zero attached hydrogens (tertiary/aromatic N) is 1. The van der Waals surface area contributed by atoms with E-state index in [4.69, 9.17) is 4.74 Å². The van der Waals surface area contributed by atoms with Crippen molar-refractivity contribution in [2.24, 2.45) is 5.92 Å². The van der Waals surface area contributed by atoms with Gasteiger partial charge in [0.05, 0.1) is 6.04 Å². The van der Waals surface area contributed by atoms with E-state index in [0.29, 0.717) is 12.1 Å². The second kappa shape index (κ2) is 5.75. The first kappa shape index (κ1) is 12.0. The van der Waals surface area contributed by atoms with Crippen molar-refractivity contribution < 1.29 is 4.74 Å². The molecule has 1 saturated heterocycles. The van der Waals surface area contributed by atoms with Gasteiger partial charge in [0, 0.05) is 30.8 Å². The minimum absolute atomic E-state index is 0.359. The topological polar surface area (TPSA) is 34.1 Å². The lowest BCUT2D eigenvalue weighted by atomic mass is 9.92. The van der Waals surface area contributed by atoms with Crippen LogP contribution in [0.4, 0.5) is 0 Å². The van der Waals surface area contributed by atoms with Crippen LogP contribution in [0.5, 0.6) is 0 Å². The molecule has 3 nitrogen and oxygen atoms in total. The van der Waals surface area contributed by atoms with Crippen LogP contribution in [-0.4, -0.2) is 24.2 Å². The maximum Gasteiger partial charge on any atom is 0.109 e. The largest absolute Gasteiger partial charge is 0.381 e. The molecule has 1 aromatic heterocycles. The van der Waals surface area contributed by atoms with Gasteiger partial charge in [-0.25, -0.2) is 4.98 Å². The van der Waals surface area contributed by atoms with Crippen molar-refractivity contribution in [1.29, 1.82) is 0 Å². The molecule has 4 heteroatoms. The van der Waals surface area contributed by atoms with E-state index < -0.39 is 0 Å². The Labute approximate surface area is 101 Å². The molecule has 2 heterocycles. The zero-order chi connectivity index (χ0) is 11.4. The minimum atomic E-state index is 0.359. The fourth-order valence-electron chi connectivity index (χ4n) is 2.27. The van der Waals surface area contributed by atoms with Gasteiger partial charge >= 0.3 is 0 Å². The molecule has 1 aromatic rings. The first-order valence-electron chi connectivity index (χ1n) is 6.00. The molecule has 0 radical (unpaired) electrons. The van der Waals surface area contributed by atoms with Gasteiger partial charge in [-0.3, -0.25) is 0 Å². The normalized spacial score (nSPS) is 21.9. The van der Waals surface area contributed by atoms with Gasteiger partial charge in [-0.2, -0.15) is 0 Å². The second-order valence-electron chi connectivity index (χ2n) is 4.50. The highest BCUT2D eigenvalue weighted by Crippen LogP contribution is 2.22. The van der Waals surface area contributed by atoms with Crippen LogP contribution in [-0.2, 0) is 4.74 Å². The molecule has 0 aliphatic carbocycles. The molecule has 0 amide bonds. The smallest absolute Gasteiger partial charge is 0.109 e. The highest BCUT2D eigenvalue weighted by Gasteiger charge is 2.22. The SMILES string of the molecule is CC(NC(C)C1CCOCC1)c1nccs1. The van der Waals surface area contributed by atoms with Crippen LogP contribution in [0.25, 0.3) is 0 Å². The molecular weight excluding hydrogens is 220 g/mol. The molecule has 1 aliphatic heterocycles. The molecule has 1 aliphatic rings. The summed E-state index contributed by atoms with van der Waals surface area (Å²) in [4.78, 5) is 4.35. The van der Waals surface area contributed by atoms with E-state index >= 15 is 0 Å². The van der Waals surface area contributed by atoms with E-state index in [1.165, 1.54) is 17.8 Å². The zero-order valence-electron chi connectivity index (χ0n) is 9.98. The Morgan fingerprint density at radius 1 is 1.44 bits per heavy atom. The maximum absolute atomic E-state index is 5.39. The molecule has 0 aromatic carbocycles. The predicted octanol–water partition coefficient (Wildman–Crippen LogP) is 2.61. The van der Waals surface area contributed by atoms with Crippen molar-refractivity contribution >= 4 is 11.3 Å². The summed E-state index contributed by atoms with van der Waals surface area (Å²) >= 11 is 1.72. The first-order valence-corrected chi connectivity index (χ1v) is 6.88. The molecule has 0 spiro atoms. The predicted molar refractivity (Wildman–Crippen MR) is 66.7 cm³/mol. The molecule has 0 saturated carbocycles. The van der Waals surface area contributed by atoms with Crippen molar-refractivity contribution in [1.82, 2.24) is 10.3 Å². The third-order valence-electron chi connectivity index (χ3n) is 3.31. The Hall–Kier alpha value is -0.450. The lowest BCUT2D eigenvalue weighted by Crippen LogP contribution is -2.38. The number of hydrogen-bond acceptors (Lipinski definition) is 4. The van der Waals surface area contributed by atoms with Crippen LogP contribution in [0.15, 0.2) is 11.6 Å². The lowest BCUT2D eigenvalue weighted by Gasteiger charge is -2.30. The molecule has 0 bridgehead atoms. The van der Waals surface area contributed by atoms with Crippen LogP contribution >= 0.6 is 11.3 Å². The van der Waals surface area contributed by atoms with Gasteiger partial charge in [0.2, 0.25) is 0 Å². The van der Waals surface area contributed by atoms with Crippen molar-refractivity contribution in [2.45, 2.75) is 38.8 Å². The molecule has 16 heavy (non-hydrogen) atoms. The monoisotopic (exact) mass is 240 g/mol. The van der Waals surface area contributed by atoms with E-state index in [0.717, 1.165) is 19.1 Å². The van der Waals surface area contributed by atoms with Crippen molar-refractivity contribution in [2.75, 3.05) is 13.2 Å². The van der Waals surface area contributed by atoms with Crippen molar-refractivity contribution in [3.8, 4) is 0 Å². The number of thiazole rings is 1. The number of rotatable bonds is 4. The fourth-order valence-corrected chi connectivity index (χ4v) is 2.92. The summed E-state index contributed by atoms with van der Waals surface area (Å²) in [5.74, 6) is 0.746. The summed E-state index contributed by atoms with van der Waals surface area (Å²) in [6, 6.07) is 0.903.